The number of hydrogen-bond donors (Lipinski definition) is 2. The van der Waals surface area contributed by atoms with Gasteiger partial charge in [-0.1, -0.05) is 19.9 Å². The summed E-state index contributed by atoms with van der Waals surface area (Å²) in [6.45, 7) is 7.25. The van der Waals surface area contributed by atoms with Crippen molar-refractivity contribution in [3.63, 3.8) is 0 Å². The monoisotopic (exact) mass is 460 g/mol. The summed E-state index contributed by atoms with van der Waals surface area (Å²) in [4.78, 5) is 12.9. The Hall–Kier alpha value is -1.54. The number of halogens is 1. The van der Waals surface area contributed by atoms with Gasteiger partial charge in [0.2, 0.25) is 5.91 Å². The van der Waals surface area contributed by atoms with Crippen molar-refractivity contribution in [2.24, 2.45) is 17.6 Å². The number of rotatable bonds is 14. The number of aliphatic hydroxyl groups is 1. The first-order valence-electron chi connectivity index (χ1n) is 10.6. The normalized spacial score (nSPS) is 13.8. The molecule has 31 heavy (non-hydrogen) atoms. The molecule has 0 bridgehead atoms. The number of likely N-dealkylation sites (N-methyl/N-ethyl adjacent to an activating group) is 1. The Morgan fingerprint density at radius 2 is 1.87 bits per heavy atom. The summed E-state index contributed by atoms with van der Waals surface area (Å²) in [5.74, 6) is 2.02. The molecular formula is C23H41ClN2O5. The van der Waals surface area contributed by atoms with Crippen LogP contribution in [-0.2, 0) is 16.0 Å². The molecule has 0 aromatic heterocycles. The third kappa shape index (κ3) is 10.5. The van der Waals surface area contributed by atoms with Crippen molar-refractivity contribution in [2.75, 3.05) is 41.0 Å². The van der Waals surface area contributed by atoms with E-state index in [0.29, 0.717) is 31.3 Å². The van der Waals surface area contributed by atoms with Crippen molar-refractivity contribution in [2.45, 2.75) is 52.2 Å². The lowest BCUT2D eigenvalue weighted by molar-refractivity contribution is -0.129. The van der Waals surface area contributed by atoms with Crippen molar-refractivity contribution in [3.05, 3.63) is 23.8 Å². The predicted molar refractivity (Wildman–Crippen MR) is 126 cm³/mol. The van der Waals surface area contributed by atoms with Crippen LogP contribution >= 0.6 is 12.4 Å². The molecule has 0 saturated heterocycles. The van der Waals surface area contributed by atoms with Gasteiger partial charge < -0.3 is 30.0 Å². The van der Waals surface area contributed by atoms with Crippen LogP contribution in [-0.4, -0.2) is 69.1 Å². The zero-order valence-electron chi connectivity index (χ0n) is 19.8. The van der Waals surface area contributed by atoms with E-state index in [1.807, 2.05) is 18.2 Å². The van der Waals surface area contributed by atoms with E-state index in [2.05, 4.69) is 13.8 Å². The van der Waals surface area contributed by atoms with Crippen molar-refractivity contribution in [1.82, 2.24) is 4.90 Å². The molecule has 1 aromatic carbocycles. The van der Waals surface area contributed by atoms with Crippen LogP contribution in [0.2, 0.25) is 0 Å². The van der Waals surface area contributed by atoms with Crippen molar-refractivity contribution in [3.8, 4) is 11.5 Å². The lowest BCUT2D eigenvalue weighted by Gasteiger charge is -2.29. The summed E-state index contributed by atoms with van der Waals surface area (Å²) in [5, 5.41) is 10.4. The standard InChI is InChI=1S/C23H40N2O5.ClH/c1-16(2)19(14-20(24)21(27)15-25(4)17(3)26)12-18-8-9-22(29-6)23(13-18)30-11-7-10-28-5;/h8-9,13,16,19-21,27H,7,10-12,14-15,24H2,1-6H3;1H/t19-,20-,21-;/m0./s1. The van der Waals surface area contributed by atoms with Gasteiger partial charge in [-0.25, -0.2) is 0 Å². The number of aliphatic hydroxyl groups excluding tert-OH is 1. The molecule has 8 heteroatoms. The van der Waals surface area contributed by atoms with Crippen LogP contribution < -0.4 is 15.2 Å². The fraction of sp³-hybridized carbons (Fsp3) is 0.696. The summed E-state index contributed by atoms with van der Waals surface area (Å²) in [6, 6.07) is 5.59. The molecule has 0 heterocycles. The highest BCUT2D eigenvalue weighted by Crippen LogP contribution is 2.31. The molecule has 1 amide bonds. The second kappa shape index (κ2) is 15.3. The molecule has 0 aliphatic heterocycles. The average molecular weight is 461 g/mol. The third-order valence-electron chi connectivity index (χ3n) is 5.49. The maximum absolute atomic E-state index is 11.4. The number of methoxy groups -OCH3 is 2. The zero-order valence-corrected chi connectivity index (χ0v) is 20.6. The van der Waals surface area contributed by atoms with Gasteiger partial charge in [0.25, 0.3) is 0 Å². The summed E-state index contributed by atoms with van der Waals surface area (Å²) in [6.07, 6.45) is 1.54. The van der Waals surface area contributed by atoms with Gasteiger partial charge in [-0.2, -0.15) is 0 Å². The number of amides is 1. The maximum atomic E-state index is 11.4. The second-order valence-corrected chi connectivity index (χ2v) is 8.25. The number of nitrogens with zero attached hydrogens (tertiary/aromatic N) is 1. The highest BCUT2D eigenvalue weighted by atomic mass is 35.5. The summed E-state index contributed by atoms with van der Waals surface area (Å²) in [5.41, 5.74) is 7.42. The molecule has 1 aromatic rings. The molecule has 3 atom stereocenters. The molecule has 0 saturated carbocycles. The lowest BCUT2D eigenvalue weighted by Crippen LogP contribution is -2.45. The minimum absolute atomic E-state index is 0. The number of hydrogen-bond acceptors (Lipinski definition) is 6. The van der Waals surface area contributed by atoms with Crippen LogP contribution in [0.4, 0.5) is 0 Å². The van der Waals surface area contributed by atoms with E-state index in [0.717, 1.165) is 24.2 Å². The molecular weight excluding hydrogens is 420 g/mol. The molecule has 180 valence electrons. The van der Waals surface area contributed by atoms with Crippen LogP contribution in [0.1, 0.15) is 39.2 Å². The smallest absolute Gasteiger partial charge is 0.219 e. The zero-order chi connectivity index (χ0) is 22.7. The van der Waals surface area contributed by atoms with Crippen LogP contribution in [0.25, 0.3) is 0 Å². The maximum Gasteiger partial charge on any atom is 0.219 e. The van der Waals surface area contributed by atoms with E-state index in [-0.39, 0.29) is 30.8 Å². The summed E-state index contributed by atoms with van der Waals surface area (Å²) < 4.78 is 16.4. The Labute approximate surface area is 193 Å². The molecule has 3 N–H and O–H groups in total. The number of ether oxygens (including phenoxy) is 3. The Kier molecular flexibility index (Phi) is 14.5. The van der Waals surface area contributed by atoms with Crippen molar-refractivity contribution < 1.29 is 24.1 Å². The highest BCUT2D eigenvalue weighted by molar-refractivity contribution is 5.85. The lowest BCUT2D eigenvalue weighted by atomic mass is 9.83. The van der Waals surface area contributed by atoms with E-state index in [4.69, 9.17) is 19.9 Å². The molecule has 0 fully saturated rings. The van der Waals surface area contributed by atoms with Gasteiger partial charge in [0, 0.05) is 46.7 Å². The minimum Gasteiger partial charge on any atom is -0.493 e. The topological polar surface area (TPSA) is 94.3 Å². The van der Waals surface area contributed by atoms with E-state index < -0.39 is 12.1 Å². The predicted octanol–water partition coefficient (Wildman–Crippen LogP) is 2.90. The average Bonchev–Trinajstić information content (AvgIpc) is 2.70. The fourth-order valence-corrected chi connectivity index (χ4v) is 3.29. The van der Waals surface area contributed by atoms with E-state index in [9.17, 15) is 9.90 Å². The number of carbonyl (C=O) groups excluding carboxylic acids is 1. The number of benzene rings is 1. The minimum atomic E-state index is -0.754. The van der Waals surface area contributed by atoms with E-state index in [1.54, 1.807) is 21.3 Å². The van der Waals surface area contributed by atoms with Gasteiger partial charge in [0.05, 0.1) is 19.8 Å². The van der Waals surface area contributed by atoms with Crippen LogP contribution in [0.5, 0.6) is 11.5 Å². The Morgan fingerprint density at radius 3 is 2.42 bits per heavy atom. The highest BCUT2D eigenvalue weighted by Gasteiger charge is 2.24. The Balaban J connectivity index is 0.00000900. The molecule has 0 unspecified atom stereocenters. The third-order valence-corrected chi connectivity index (χ3v) is 5.49. The Morgan fingerprint density at radius 1 is 1.19 bits per heavy atom. The number of nitrogens with two attached hydrogens (primary N) is 1. The largest absolute Gasteiger partial charge is 0.493 e. The van der Waals surface area contributed by atoms with E-state index in [1.165, 1.54) is 11.8 Å². The van der Waals surface area contributed by atoms with Gasteiger partial charge in [-0.15, -0.1) is 12.4 Å². The summed E-state index contributed by atoms with van der Waals surface area (Å²) in [7, 11) is 4.98. The first-order valence-corrected chi connectivity index (χ1v) is 10.6. The molecule has 1 rings (SSSR count). The fourth-order valence-electron chi connectivity index (χ4n) is 3.29. The Bertz CT molecular complexity index is 644. The van der Waals surface area contributed by atoms with Crippen molar-refractivity contribution >= 4 is 18.3 Å². The molecule has 0 radical (unpaired) electrons. The number of carbonyl (C=O) groups is 1. The van der Waals surface area contributed by atoms with Gasteiger partial charge in [0.1, 0.15) is 0 Å². The first kappa shape index (κ1) is 29.5. The first-order chi connectivity index (χ1) is 14.2. The quantitative estimate of drug-likeness (QED) is 0.414. The van der Waals surface area contributed by atoms with Crippen molar-refractivity contribution in [1.29, 1.82) is 0 Å². The van der Waals surface area contributed by atoms with Gasteiger partial charge in [0.15, 0.2) is 11.5 Å². The van der Waals surface area contributed by atoms with Gasteiger partial charge >= 0.3 is 0 Å². The van der Waals surface area contributed by atoms with Gasteiger partial charge in [-0.3, -0.25) is 4.79 Å². The van der Waals surface area contributed by atoms with Crippen LogP contribution in [0, 0.1) is 11.8 Å². The van der Waals surface area contributed by atoms with Crippen LogP contribution in [0.15, 0.2) is 18.2 Å². The van der Waals surface area contributed by atoms with Crippen LogP contribution in [0.3, 0.4) is 0 Å². The molecule has 0 aliphatic rings. The van der Waals surface area contributed by atoms with Gasteiger partial charge in [-0.05, 0) is 42.4 Å². The molecule has 7 nitrogen and oxygen atoms in total. The SMILES string of the molecule is COCCCOc1cc(C[C@@H](C[C@H](N)[C@@H](O)CN(C)C(C)=O)C(C)C)ccc1OC.Cl. The van der Waals surface area contributed by atoms with E-state index >= 15 is 0 Å². The molecule has 0 aliphatic carbocycles. The molecule has 0 spiro atoms. The summed E-state index contributed by atoms with van der Waals surface area (Å²) >= 11 is 0. The second-order valence-electron chi connectivity index (χ2n) is 8.25.